The van der Waals surface area contributed by atoms with Crippen LogP contribution in [0.25, 0.3) is 0 Å². The predicted molar refractivity (Wildman–Crippen MR) is 117 cm³/mol. The number of carbonyl (C=O) groups excluding carboxylic acids is 2. The lowest BCUT2D eigenvalue weighted by atomic mass is 10.0. The van der Waals surface area contributed by atoms with Crippen LogP contribution in [-0.4, -0.2) is 55.1 Å². The average Bonchev–Trinajstić information content (AvgIpc) is 2.78. The zero-order valence-corrected chi connectivity index (χ0v) is 17.6. The Balaban J connectivity index is 1.39. The van der Waals surface area contributed by atoms with E-state index < -0.39 is 6.04 Å². The van der Waals surface area contributed by atoms with Crippen molar-refractivity contribution in [2.45, 2.75) is 37.9 Å². The summed E-state index contributed by atoms with van der Waals surface area (Å²) in [5.41, 5.74) is 1.04. The van der Waals surface area contributed by atoms with Gasteiger partial charge in [0.05, 0.1) is 12.5 Å². The summed E-state index contributed by atoms with van der Waals surface area (Å²) in [6.45, 7) is 3.20. The fraction of sp³-hybridized carbons (Fsp3) is 0.417. The second-order valence-electron chi connectivity index (χ2n) is 8.00. The zero-order chi connectivity index (χ0) is 21.5. The van der Waals surface area contributed by atoms with Gasteiger partial charge in [-0.3, -0.25) is 14.5 Å². The van der Waals surface area contributed by atoms with Crippen molar-refractivity contribution in [3.8, 4) is 11.5 Å². The van der Waals surface area contributed by atoms with E-state index in [1.807, 2.05) is 54.6 Å². The summed E-state index contributed by atoms with van der Waals surface area (Å²) in [5, 5.41) is 5.96. The highest BCUT2D eigenvalue weighted by Gasteiger charge is 2.32. The van der Waals surface area contributed by atoms with Gasteiger partial charge in [0, 0.05) is 38.9 Å². The molecule has 2 amide bonds. The maximum atomic E-state index is 12.6. The van der Waals surface area contributed by atoms with E-state index in [1.54, 1.807) is 0 Å². The minimum absolute atomic E-state index is 0.0832. The summed E-state index contributed by atoms with van der Waals surface area (Å²) in [7, 11) is 0. The normalized spacial score (nSPS) is 20.1. The summed E-state index contributed by atoms with van der Waals surface area (Å²) >= 11 is 0. The number of nitrogens with one attached hydrogen (secondary N) is 2. The summed E-state index contributed by atoms with van der Waals surface area (Å²) in [6, 6.07) is 17.2. The number of hydrogen-bond donors (Lipinski definition) is 2. The van der Waals surface area contributed by atoms with Crippen LogP contribution in [0.5, 0.6) is 11.5 Å². The van der Waals surface area contributed by atoms with Gasteiger partial charge < -0.3 is 20.1 Å². The molecule has 164 valence electrons. The monoisotopic (exact) mass is 423 g/mol. The zero-order valence-electron chi connectivity index (χ0n) is 17.6. The molecule has 4 rings (SSSR count). The van der Waals surface area contributed by atoms with E-state index in [-0.39, 0.29) is 24.3 Å². The molecule has 2 aliphatic heterocycles. The first-order valence-corrected chi connectivity index (χ1v) is 10.9. The molecule has 0 bridgehead atoms. The van der Waals surface area contributed by atoms with Crippen LogP contribution < -0.4 is 15.4 Å². The van der Waals surface area contributed by atoms with Gasteiger partial charge in [0.15, 0.2) is 0 Å². The Morgan fingerprint density at radius 2 is 1.87 bits per heavy atom. The minimum atomic E-state index is -0.479. The highest BCUT2D eigenvalue weighted by molar-refractivity contribution is 5.88. The highest BCUT2D eigenvalue weighted by atomic mass is 16.5. The number of carbonyl (C=O) groups is 2. The van der Waals surface area contributed by atoms with Crippen molar-refractivity contribution >= 4 is 11.8 Å². The Morgan fingerprint density at radius 1 is 1.10 bits per heavy atom. The van der Waals surface area contributed by atoms with Crippen LogP contribution in [0.15, 0.2) is 54.6 Å². The number of piperazine rings is 1. The number of ether oxygens (including phenoxy) is 2. The molecule has 2 aromatic rings. The van der Waals surface area contributed by atoms with Crippen LogP contribution in [-0.2, 0) is 20.9 Å². The van der Waals surface area contributed by atoms with Gasteiger partial charge in [0.1, 0.15) is 11.5 Å². The summed E-state index contributed by atoms with van der Waals surface area (Å²) < 4.78 is 11.3. The number of benzene rings is 2. The Bertz CT molecular complexity index is 883. The molecule has 2 heterocycles. The van der Waals surface area contributed by atoms with Gasteiger partial charge in [0.2, 0.25) is 11.8 Å². The molecule has 0 saturated carbocycles. The van der Waals surface area contributed by atoms with Crippen LogP contribution in [0.1, 0.15) is 24.8 Å². The van der Waals surface area contributed by atoms with E-state index in [4.69, 9.17) is 9.47 Å². The summed E-state index contributed by atoms with van der Waals surface area (Å²) in [4.78, 5) is 27.2. The van der Waals surface area contributed by atoms with Crippen molar-refractivity contribution in [1.29, 1.82) is 0 Å². The molecule has 2 fully saturated rings. The molecule has 2 N–H and O–H groups in total. The lowest BCUT2D eigenvalue weighted by Crippen LogP contribution is -2.56. The molecule has 0 spiro atoms. The van der Waals surface area contributed by atoms with Gasteiger partial charge in [-0.1, -0.05) is 30.3 Å². The first-order chi connectivity index (χ1) is 15.2. The second-order valence-corrected chi connectivity index (χ2v) is 8.00. The van der Waals surface area contributed by atoms with E-state index in [1.165, 1.54) is 0 Å². The number of nitrogens with zero attached hydrogens (tertiary/aromatic N) is 1. The topological polar surface area (TPSA) is 79.9 Å². The molecular formula is C24H29N3O4. The van der Waals surface area contributed by atoms with E-state index >= 15 is 0 Å². The van der Waals surface area contributed by atoms with Crippen LogP contribution in [0.3, 0.4) is 0 Å². The Labute approximate surface area is 182 Å². The number of para-hydroxylation sites is 1. The molecule has 0 radical (unpaired) electrons. The average molecular weight is 424 g/mol. The maximum Gasteiger partial charge on any atom is 0.237 e. The molecule has 7 nitrogen and oxygen atoms in total. The van der Waals surface area contributed by atoms with Gasteiger partial charge in [-0.15, -0.1) is 0 Å². The fourth-order valence-corrected chi connectivity index (χ4v) is 4.04. The van der Waals surface area contributed by atoms with Gasteiger partial charge in [-0.05, 0) is 42.7 Å². The van der Waals surface area contributed by atoms with E-state index in [0.29, 0.717) is 32.8 Å². The molecule has 7 heteroatoms. The number of hydrogen-bond acceptors (Lipinski definition) is 5. The molecule has 0 aromatic heterocycles. The fourth-order valence-electron chi connectivity index (χ4n) is 4.04. The summed E-state index contributed by atoms with van der Waals surface area (Å²) in [6.07, 6.45) is 1.80. The maximum absolute atomic E-state index is 12.6. The van der Waals surface area contributed by atoms with E-state index in [0.717, 1.165) is 29.9 Å². The first-order valence-electron chi connectivity index (χ1n) is 10.9. The quantitative estimate of drug-likeness (QED) is 0.715. The van der Waals surface area contributed by atoms with Crippen LogP contribution in [0, 0.1) is 0 Å². The Hall–Kier alpha value is -2.90. The second kappa shape index (κ2) is 10.4. The van der Waals surface area contributed by atoms with Gasteiger partial charge >= 0.3 is 0 Å². The van der Waals surface area contributed by atoms with Crippen LogP contribution in [0.4, 0.5) is 0 Å². The smallest absolute Gasteiger partial charge is 0.237 e. The SMILES string of the molecule is O=C(C[C@H]1C(=O)NCCN1Cc1cccc(Oc2ccccc2)c1)NC1CCOCC1. The third-order valence-corrected chi connectivity index (χ3v) is 5.67. The Kier molecular flexibility index (Phi) is 7.17. The van der Waals surface area contributed by atoms with Crippen molar-refractivity contribution < 1.29 is 19.1 Å². The van der Waals surface area contributed by atoms with Crippen molar-refractivity contribution in [2.24, 2.45) is 0 Å². The van der Waals surface area contributed by atoms with E-state index in [2.05, 4.69) is 15.5 Å². The largest absolute Gasteiger partial charge is 0.457 e. The molecule has 2 aliphatic rings. The third-order valence-electron chi connectivity index (χ3n) is 5.67. The standard InChI is InChI=1S/C24H29N3O4/c28-23(26-19-9-13-30-14-10-19)16-22-24(29)25-11-12-27(22)17-18-5-4-8-21(15-18)31-20-6-2-1-3-7-20/h1-8,15,19,22H,9-14,16-17H2,(H,25,29)(H,26,28)/t22-/m0/s1. The number of rotatable bonds is 7. The van der Waals surface area contributed by atoms with Crippen molar-refractivity contribution in [3.63, 3.8) is 0 Å². The molecule has 0 unspecified atom stereocenters. The van der Waals surface area contributed by atoms with Crippen molar-refractivity contribution in [1.82, 2.24) is 15.5 Å². The highest BCUT2D eigenvalue weighted by Crippen LogP contribution is 2.23. The lowest BCUT2D eigenvalue weighted by molar-refractivity contribution is -0.134. The molecule has 2 aromatic carbocycles. The molecular weight excluding hydrogens is 394 g/mol. The minimum Gasteiger partial charge on any atom is -0.457 e. The predicted octanol–water partition coefficient (Wildman–Crippen LogP) is 2.46. The molecule has 1 atom stereocenters. The number of amides is 2. The third kappa shape index (κ3) is 6.06. The Morgan fingerprint density at radius 3 is 2.68 bits per heavy atom. The molecule has 0 aliphatic carbocycles. The van der Waals surface area contributed by atoms with Crippen LogP contribution >= 0.6 is 0 Å². The summed E-state index contributed by atoms with van der Waals surface area (Å²) in [5.74, 6) is 1.35. The molecule has 2 saturated heterocycles. The molecule has 31 heavy (non-hydrogen) atoms. The first kappa shape index (κ1) is 21.3. The van der Waals surface area contributed by atoms with Gasteiger partial charge in [0.25, 0.3) is 0 Å². The van der Waals surface area contributed by atoms with Gasteiger partial charge in [-0.25, -0.2) is 0 Å². The van der Waals surface area contributed by atoms with Gasteiger partial charge in [-0.2, -0.15) is 0 Å². The van der Waals surface area contributed by atoms with Crippen molar-refractivity contribution in [3.05, 3.63) is 60.2 Å². The van der Waals surface area contributed by atoms with Crippen molar-refractivity contribution in [2.75, 3.05) is 26.3 Å². The van der Waals surface area contributed by atoms with Crippen LogP contribution in [0.2, 0.25) is 0 Å². The van der Waals surface area contributed by atoms with E-state index in [9.17, 15) is 9.59 Å². The lowest BCUT2D eigenvalue weighted by Gasteiger charge is -2.35.